The average Bonchev–Trinajstić information content (AvgIpc) is 2.10. The Balaban J connectivity index is 2.92. The molecule has 0 radical (unpaired) electrons. The van der Waals surface area contributed by atoms with Crippen molar-refractivity contribution in [2.75, 3.05) is 0 Å². The van der Waals surface area contributed by atoms with Crippen molar-refractivity contribution in [3.8, 4) is 0 Å². The first kappa shape index (κ1) is 11.3. The van der Waals surface area contributed by atoms with Crippen LogP contribution in [0.1, 0.15) is 12.5 Å². The number of carbonyl (C=O) groups excluding carboxylic acids is 1. The number of benzene rings is 1. The van der Waals surface area contributed by atoms with Crippen LogP contribution in [0.2, 0.25) is 0 Å². The van der Waals surface area contributed by atoms with Crippen molar-refractivity contribution in [1.82, 2.24) is 0 Å². The number of carbonyl (C=O) groups is 1. The van der Waals surface area contributed by atoms with E-state index in [0.29, 0.717) is 16.3 Å². The molecular formula is C10H10BrFO2. The summed E-state index contributed by atoms with van der Waals surface area (Å²) in [4.78, 5) is 10.5. The molecule has 0 aromatic heterocycles. The van der Waals surface area contributed by atoms with Gasteiger partial charge in [0.15, 0.2) is 6.29 Å². The fourth-order valence-corrected chi connectivity index (χ4v) is 1.58. The molecule has 0 aliphatic heterocycles. The zero-order valence-electron chi connectivity index (χ0n) is 7.63. The fraction of sp³-hybridized carbons (Fsp3) is 0.300. The van der Waals surface area contributed by atoms with Gasteiger partial charge in [0, 0.05) is 10.9 Å². The number of aliphatic hydroxyl groups is 1. The molecule has 76 valence electrons. The average molecular weight is 261 g/mol. The summed E-state index contributed by atoms with van der Waals surface area (Å²) >= 11 is 3.16. The third-order valence-electron chi connectivity index (χ3n) is 1.82. The molecule has 1 N–H and O–H groups in total. The molecule has 0 spiro atoms. The van der Waals surface area contributed by atoms with Gasteiger partial charge in [-0.25, -0.2) is 4.39 Å². The number of halogens is 2. The zero-order valence-corrected chi connectivity index (χ0v) is 9.21. The first-order valence-corrected chi connectivity index (χ1v) is 4.86. The smallest absolute Gasteiger partial charge is 0.151 e. The number of hydrogen-bond donors (Lipinski definition) is 1. The second-order valence-electron chi connectivity index (χ2n) is 3.39. The van der Waals surface area contributed by atoms with Crippen LogP contribution in [0.4, 0.5) is 4.39 Å². The van der Waals surface area contributed by atoms with Gasteiger partial charge in [-0.2, -0.15) is 0 Å². The van der Waals surface area contributed by atoms with Crippen LogP contribution in [0, 0.1) is 5.82 Å². The lowest BCUT2D eigenvalue weighted by Gasteiger charge is -2.16. The van der Waals surface area contributed by atoms with E-state index in [1.165, 1.54) is 25.1 Å². The van der Waals surface area contributed by atoms with Crippen LogP contribution >= 0.6 is 15.9 Å². The van der Waals surface area contributed by atoms with Gasteiger partial charge in [0.2, 0.25) is 0 Å². The summed E-state index contributed by atoms with van der Waals surface area (Å²) in [6.45, 7) is 1.41. The Hall–Kier alpha value is -0.740. The van der Waals surface area contributed by atoms with Crippen molar-refractivity contribution in [2.45, 2.75) is 18.9 Å². The van der Waals surface area contributed by atoms with Crippen LogP contribution in [0.15, 0.2) is 22.7 Å². The van der Waals surface area contributed by atoms with E-state index in [9.17, 15) is 14.3 Å². The van der Waals surface area contributed by atoms with E-state index in [0.717, 1.165) is 0 Å². The molecule has 1 aromatic carbocycles. The van der Waals surface area contributed by atoms with Gasteiger partial charge in [0.1, 0.15) is 11.4 Å². The first-order chi connectivity index (χ1) is 6.44. The second-order valence-corrected chi connectivity index (χ2v) is 4.24. The molecule has 0 fully saturated rings. The highest BCUT2D eigenvalue weighted by atomic mass is 79.9. The molecule has 1 rings (SSSR count). The molecule has 4 heteroatoms. The Kier molecular flexibility index (Phi) is 3.39. The third kappa shape index (κ3) is 2.89. The molecule has 1 atom stereocenters. The topological polar surface area (TPSA) is 37.3 Å². The minimum atomic E-state index is -1.40. The van der Waals surface area contributed by atoms with Crippen LogP contribution in [0.25, 0.3) is 0 Å². The predicted octanol–water partition coefficient (Wildman–Crippen LogP) is 2.08. The lowest BCUT2D eigenvalue weighted by atomic mass is 9.98. The lowest BCUT2D eigenvalue weighted by Crippen LogP contribution is -2.28. The normalized spacial score (nSPS) is 14.9. The van der Waals surface area contributed by atoms with E-state index in [2.05, 4.69) is 15.9 Å². The van der Waals surface area contributed by atoms with Crippen molar-refractivity contribution < 1.29 is 14.3 Å². The van der Waals surface area contributed by atoms with Gasteiger partial charge >= 0.3 is 0 Å². The van der Waals surface area contributed by atoms with Gasteiger partial charge in [-0.05, 0) is 24.6 Å². The Morgan fingerprint density at radius 1 is 1.64 bits per heavy atom. The Morgan fingerprint density at radius 3 is 2.79 bits per heavy atom. The van der Waals surface area contributed by atoms with Gasteiger partial charge in [-0.3, -0.25) is 0 Å². The largest absolute Gasteiger partial charge is 0.382 e. The van der Waals surface area contributed by atoms with Crippen LogP contribution in [-0.2, 0) is 11.2 Å². The minimum Gasteiger partial charge on any atom is -0.382 e. The summed E-state index contributed by atoms with van der Waals surface area (Å²) in [5.41, 5.74) is -0.705. The monoisotopic (exact) mass is 260 g/mol. The van der Waals surface area contributed by atoms with Crippen LogP contribution in [0.5, 0.6) is 0 Å². The Morgan fingerprint density at radius 2 is 2.29 bits per heavy atom. The summed E-state index contributed by atoms with van der Waals surface area (Å²) in [6.07, 6.45) is 0.639. The molecule has 0 bridgehead atoms. The van der Waals surface area contributed by atoms with Gasteiger partial charge in [0.05, 0.1) is 0 Å². The highest BCUT2D eigenvalue weighted by Crippen LogP contribution is 2.21. The molecule has 0 saturated heterocycles. The highest BCUT2D eigenvalue weighted by Gasteiger charge is 2.20. The standard InChI is InChI=1S/C10H10BrFO2/c1-10(14,6-13)5-7-2-3-8(12)4-9(7)11/h2-4,6,14H,5H2,1H3. The van der Waals surface area contributed by atoms with E-state index in [4.69, 9.17) is 0 Å². The maximum Gasteiger partial charge on any atom is 0.151 e. The number of aldehydes is 1. The predicted molar refractivity (Wildman–Crippen MR) is 54.5 cm³/mol. The van der Waals surface area contributed by atoms with Crippen LogP contribution in [-0.4, -0.2) is 17.0 Å². The van der Waals surface area contributed by atoms with E-state index in [1.807, 2.05) is 0 Å². The third-order valence-corrected chi connectivity index (χ3v) is 2.56. The Bertz CT molecular complexity index is 350. The molecule has 0 aliphatic rings. The number of rotatable bonds is 3. The van der Waals surface area contributed by atoms with Crippen LogP contribution in [0.3, 0.4) is 0 Å². The maximum absolute atomic E-state index is 12.7. The molecule has 0 saturated carbocycles. The van der Waals surface area contributed by atoms with Gasteiger partial charge < -0.3 is 9.90 Å². The van der Waals surface area contributed by atoms with Gasteiger partial charge in [0.25, 0.3) is 0 Å². The molecule has 1 aromatic rings. The molecule has 0 aliphatic carbocycles. The Labute approximate surface area is 89.9 Å². The second kappa shape index (κ2) is 4.19. The van der Waals surface area contributed by atoms with Gasteiger partial charge in [-0.15, -0.1) is 0 Å². The van der Waals surface area contributed by atoms with Crippen molar-refractivity contribution in [2.24, 2.45) is 0 Å². The summed E-state index contributed by atoms with van der Waals surface area (Å²) in [7, 11) is 0. The lowest BCUT2D eigenvalue weighted by molar-refractivity contribution is -0.122. The van der Waals surface area contributed by atoms with Crippen molar-refractivity contribution in [1.29, 1.82) is 0 Å². The quantitative estimate of drug-likeness (QED) is 0.846. The van der Waals surface area contributed by atoms with Crippen molar-refractivity contribution in [3.05, 3.63) is 34.1 Å². The molecular weight excluding hydrogens is 251 g/mol. The SMILES string of the molecule is CC(O)(C=O)Cc1ccc(F)cc1Br. The summed E-state index contributed by atoms with van der Waals surface area (Å²) in [6, 6.07) is 4.13. The van der Waals surface area contributed by atoms with Crippen molar-refractivity contribution >= 4 is 22.2 Å². The maximum atomic E-state index is 12.7. The summed E-state index contributed by atoms with van der Waals surface area (Å²) in [5.74, 6) is -0.355. The molecule has 0 amide bonds. The minimum absolute atomic E-state index is 0.164. The number of hydrogen-bond acceptors (Lipinski definition) is 2. The zero-order chi connectivity index (χ0) is 10.8. The molecule has 2 nitrogen and oxygen atoms in total. The molecule has 1 unspecified atom stereocenters. The van der Waals surface area contributed by atoms with Crippen molar-refractivity contribution in [3.63, 3.8) is 0 Å². The first-order valence-electron chi connectivity index (χ1n) is 4.07. The fourth-order valence-electron chi connectivity index (χ4n) is 1.09. The summed E-state index contributed by atoms with van der Waals surface area (Å²) in [5, 5.41) is 9.49. The highest BCUT2D eigenvalue weighted by molar-refractivity contribution is 9.10. The molecule has 14 heavy (non-hydrogen) atoms. The molecule has 0 heterocycles. The van der Waals surface area contributed by atoms with E-state index in [1.54, 1.807) is 0 Å². The van der Waals surface area contributed by atoms with E-state index in [-0.39, 0.29) is 12.2 Å². The van der Waals surface area contributed by atoms with E-state index >= 15 is 0 Å². The van der Waals surface area contributed by atoms with Gasteiger partial charge in [-0.1, -0.05) is 22.0 Å². The summed E-state index contributed by atoms with van der Waals surface area (Å²) < 4.78 is 13.3. The van der Waals surface area contributed by atoms with Crippen LogP contribution < -0.4 is 0 Å². The van der Waals surface area contributed by atoms with E-state index < -0.39 is 5.60 Å².